The van der Waals surface area contributed by atoms with Crippen LogP contribution in [0.2, 0.25) is 0 Å². The number of rotatable bonds is 3. The van der Waals surface area contributed by atoms with E-state index in [2.05, 4.69) is 15.1 Å². The molecule has 132 valence electrons. The van der Waals surface area contributed by atoms with Crippen molar-refractivity contribution in [2.45, 2.75) is 13.0 Å². The predicted molar refractivity (Wildman–Crippen MR) is 100 cm³/mol. The molecule has 2 aromatic rings. The van der Waals surface area contributed by atoms with E-state index in [4.69, 9.17) is 12.2 Å². The zero-order chi connectivity index (χ0) is 17.6. The van der Waals surface area contributed by atoms with E-state index in [-0.39, 0.29) is 11.6 Å². The highest BCUT2D eigenvalue weighted by atomic mass is 32.1. The van der Waals surface area contributed by atoms with Gasteiger partial charge in [-0.3, -0.25) is 4.90 Å². The first-order chi connectivity index (χ1) is 12.1. The Morgan fingerprint density at radius 1 is 0.880 bits per heavy atom. The summed E-state index contributed by atoms with van der Waals surface area (Å²) in [5, 5.41) is 3.83. The molecule has 0 spiro atoms. The number of hydrogen-bond acceptors (Lipinski definition) is 2. The Morgan fingerprint density at radius 3 is 2.20 bits per heavy atom. The highest BCUT2D eigenvalue weighted by Crippen LogP contribution is 2.13. The molecule has 0 bridgehead atoms. The lowest BCUT2D eigenvalue weighted by molar-refractivity contribution is 0.278. The molecule has 0 unspecified atom stereocenters. The van der Waals surface area contributed by atoms with Crippen molar-refractivity contribution < 1.29 is 8.78 Å². The van der Waals surface area contributed by atoms with Crippen LogP contribution in [0.5, 0.6) is 0 Å². The molecule has 1 N–H and O–H groups in total. The van der Waals surface area contributed by atoms with Gasteiger partial charge in [0, 0.05) is 38.4 Å². The van der Waals surface area contributed by atoms with Gasteiger partial charge in [-0.15, -0.1) is 0 Å². The Morgan fingerprint density at radius 2 is 1.52 bits per heavy atom. The average Bonchev–Trinajstić information content (AvgIpc) is 2.85. The Bertz CT molecular complexity index is 704. The van der Waals surface area contributed by atoms with E-state index >= 15 is 0 Å². The lowest BCUT2D eigenvalue weighted by atomic mass is 10.2. The van der Waals surface area contributed by atoms with E-state index in [0.29, 0.717) is 5.11 Å². The molecule has 2 aromatic carbocycles. The normalized spacial score (nSPS) is 15.7. The first kappa shape index (κ1) is 17.8. The maximum absolute atomic E-state index is 13.0. The highest BCUT2D eigenvalue weighted by Gasteiger charge is 2.17. The SMILES string of the molecule is Fc1ccc(CN2CCCN(C(=S)Nc3ccc(F)cc3)CC2)cc1. The summed E-state index contributed by atoms with van der Waals surface area (Å²) in [5.41, 5.74) is 1.90. The van der Waals surface area contributed by atoms with Crippen molar-refractivity contribution in [1.29, 1.82) is 0 Å². The molecule has 1 aliphatic heterocycles. The number of thiocarbonyl (C=S) groups is 1. The van der Waals surface area contributed by atoms with Crippen LogP contribution in [0.3, 0.4) is 0 Å². The Balaban J connectivity index is 1.52. The van der Waals surface area contributed by atoms with Gasteiger partial charge in [-0.05, 0) is 60.6 Å². The first-order valence-corrected chi connectivity index (χ1v) is 8.79. The van der Waals surface area contributed by atoms with Crippen molar-refractivity contribution in [2.24, 2.45) is 0 Å². The van der Waals surface area contributed by atoms with Crippen LogP contribution >= 0.6 is 12.2 Å². The minimum atomic E-state index is -0.261. The number of halogens is 2. The molecule has 0 amide bonds. The van der Waals surface area contributed by atoms with E-state index in [0.717, 1.165) is 50.4 Å². The van der Waals surface area contributed by atoms with Crippen LogP contribution in [0.4, 0.5) is 14.5 Å². The number of nitrogens with zero attached hydrogens (tertiary/aromatic N) is 2. The topological polar surface area (TPSA) is 18.5 Å². The molecule has 0 saturated carbocycles. The van der Waals surface area contributed by atoms with Gasteiger partial charge in [0.25, 0.3) is 0 Å². The Kier molecular flexibility index (Phi) is 5.94. The number of nitrogens with one attached hydrogen (secondary N) is 1. The minimum absolute atomic E-state index is 0.206. The zero-order valence-corrected chi connectivity index (χ0v) is 14.7. The van der Waals surface area contributed by atoms with Crippen molar-refractivity contribution >= 4 is 23.0 Å². The summed E-state index contributed by atoms with van der Waals surface area (Å²) in [6, 6.07) is 12.9. The summed E-state index contributed by atoms with van der Waals surface area (Å²) in [6.07, 6.45) is 1.01. The molecule has 0 radical (unpaired) electrons. The lowest BCUT2D eigenvalue weighted by Gasteiger charge is -2.24. The van der Waals surface area contributed by atoms with Crippen molar-refractivity contribution in [2.75, 3.05) is 31.5 Å². The van der Waals surface area contributed by atoms with Gasteiger partial charge in [0.1, 0.15) is 11.6 Å². The minimum Gasteiger partial charge on any atom is -0.348 e. The number of benzene rings is 2. The summed E-state index contributed by atoms with van der Waals surface area (Å²) in [6.45, 7) is 4.39. The van der Waals surface area contributed by atoms with Crippen LogP contribution < -0.4 is 5.32 Å². The van der Waals surface area contributed by atoms with Gasteiger partial charge in [-0.2, -0.15) is 0 Å². The molecule has 6 heteroatoms. The van der Waals surface area contributed by atoms with Crippen LogP contribution in [-0.4, -0.2) is 41.1 Å². The fraction of sp³-hybridized carbons (Fsp3) is 0.316. The number of hydrogen-bond donors (Lipinski definition) is 1. The van der Waals surface area contributed by atoms with Crippen molar-refractivity contribution in [1.82, 2.24) is 9.80 Å². The van der Waals surface area contributed by atoms with Gasteiger partial charge in [0.05, 0.1) is 0 Å². The smallest absolute Gasteiger partial charge is 0.173 e. The predicted octanol–water partition coefficient (Wildman–Crippen LogP) is 3.87. The monoisotopic (exact) mass is 361 g/mol. The molecule has 0 atom stereocenters. The van der Waals surface area contributed by atoms with Crippen molar-refractivity contribution in [3.8, 4) is 0 Å². The van der Waals surface area contributed by atoms with Crippen LogP contribution in [0.15, 0.2) is 48.5 Å². The van der Waals surface area contributed by atoms with E-state index in [1.54, 1.807) is 12.1 Å². The quantitative estimate of drug-likeness (QED) is 0.836. The van der Waals surface area contributed by atoms with Gasteiger partial charge in [-0.1, -0.05) is 12.1 Å². The highest BCUT2D eigenvalue weighted by molar-refractivity contribution is 7.80. The molecule has 3 nitrogen and oxygen atoms in total. The van der Waals surface area contributed by atoms with Gasteiger partial charge in [0.2, 0.25) is 0 Å². The zero-order valence-electron chi connectivity index (χ0n) is 13.9. The third-order valence-corrected chi connectivity index (χ3v) is 4.65. The molecule has 3 rings (SSSR count). The second-order valence-electron chi connectivity index (χ2n) is 6.18. The van der Waals surface area contributed by atoms with Crippen LogP contribution in [0.1, 0.15) is 12.0 Å². The van der Waals surface area contributed by atoms with E-state index < -0.39 is 0 Å². The molecule has 1 aliphatic rings. The van der Waals surface area contributed by atoms with Gasteiger partial charge >= 0.3 is 0 Å². The third kappa shape index (κ3) is 5.21. The molecule has 0 aromatic heterocycles. The standard InChI is InChI=1S/C19H21F2N3S/c20-16-4-2-15(3-5-16)14-23-10-1-11-24(13-12-23)19(25)22-18-8-6-17(21)7-9-18/h2-9H,1,10-14H2,(H,22,25). The summed E-state index contributed by atoms with van der Waals surface area (Å²) in [4.78, 5) is 4.50. The Labute approximate surface area is 152 Å². The molecule has 0 aliphatic carbocycles. The summed E-state index contributed by atoms with van der Waals surface area (Å²) in [5.74, 6) is -0.467. The van der Waals surface area contributed by atoms with Crippen LogP contribution in [0, 0.1) is 11.6 Å². The van der Waals surface area contributed by atoms with Crippen molar-refractivity contribution in [3.05, 3.63) is 65.7 Å². The molecule has 25 heavy (non-hydrogen) atoms. The second-order valence-corrected chi connectivity index (χ2v) is 6.57. The van der Waals surface area contributed by atoms with E-state index in [1.165, 1.54) is 24.3 Å². The molecule has 1 heterocycles. The van der Waals surface area contributed by atoms with E-state index in [1.807, 2.05) is 12.1 Å². The summed E-state index contributed by atoms with van der Waals surface area (Å²) < 4.78 is 26.0. The maximum atomic E-state index is 13.0. The molecule has 1 saturated heterocycles. The van der Waals surface area contributed by atoms with Gasteiger partial charge < -0.3 is 10.2 Å². The Hall–Kier alpha value is -2.05. The maximum Gasteiger partial charge on any atom is 0.173 e. The molecular formula is C19H21F2N3S. The van der Waals surface area contributed by atoms with Gasteiger partial charge in [-0.25, -0.2) is 8.78 Å². The summed E-state index contributed by atoms with van der Waals surface area (Å²) >= 11 is 5.49. The summed E-state index contributed by atoms with van der Waals surface area (Å²) in [7, 11) is 0. The lowest BCUT2D eigenvalue weighted by Crippen LogP contribution is -2.37. The second kappa shape index (κ2) is 8.36. The fourth-order valence-corrected chi connectivity index (χ4v) is 3.22. The molecule has 1 fully saturated rings. The largest absolute Gasteiger partial charge is 0.348 e. The average molecular weight is 361 g/mol. The van der Waals surface area contributed by atoms with Crippen LogP contribution in [0.25, 0.3) is 0 Å². The van der Waals surface area contributed by atoms with Crippen molar-refractivity contribution in [3.63, 3.8) is 0 Å². The van der Waals surface area contributed by atoms with E-state index in [9.17, 15) is 8.78 Å². The van der Waals surface area contributed by atoms with Gasteiger partial charge in [0.15, 0.2) is 5.11 Å². The first-order valence-electron chi connectivity index (χ1n) is 8.38. The van der Waals surface area contributed by atoms with Crippen LogP contribution in [-0.2, 0) is 6.54 Å². The third-order valence-electron chi connectivity index (χ3n) is 4.29. The molecular weight excluding hydrogens is 340 g/mol. The fourth-order valence-electron chi connectivity index (χ4n) is 2.92. The number of anilines is 1.